The van der Waals surface area contributed by atoms with Crippen molar-refractivity contribution in [1.82, 2.24) is 10.2 Å². The number of hydrogen-bond acceptors (Lipinski definition) is 2. The summed E-state index contributed by atoms with van der Waals surface area (Å²) in [6.45, 7) is 12.1. The normalized spacial score (nSPS) is 20.3. The largest absolute Gasteiger partial charge is 0.315 e. The summed E-state index contributed by atoms with van der Waals surface area (Å²) in [6, 6.07) is 0.612. The number of piperidine rings is 1. The minimum absolute atomic E-state index is 0.289. The zero-order chi connectivity index (χ0) is 13.6. The van der Waals surface area contributed by atoms with Gasteiger partial charge in [-0.2, -0.15) is 0 Å². The van der Waals surface area contributed by atoms with E-state index in [0.717, 1.165) is 5.92 Å². The molecular weight excluding hydrogens is 220 g/mol. The van der Waals surface area contributed by atoms with Gasteiger partial charge >= 0.3 is 0 Å². The average molecular weight is 254 g/mol. The van der Waals surface area contributed by atoms with Crippen LogP contribution in [0.5, 0.6) is 0 Å². The molecule has 0 aliphatic carbocycles. The molecule has 1 fully saturated rings. The highest BCUT2D eigenvalue weighted by Crippen LogP contribution is 2.28. The van der Waals surface area contributed by atoms with E-state index in [4.69, 9.17) is 0 Å². The Balaban J connectivity index is 2.65. The number of likely N-dealkylation sites (tertiary alicyclic amines) is 1. The molecule has 1 rings (SSSR count). The van der Waals surface area contributed by atoms with Crippen molar-refractivity contribution in [3.8, 4) is 0 Å². The van der Waals surface area contributed by atoms with Crippen molar-refractivity contribution >= 4 is 0 Å². The minimum atomic E-state index is 0.289. The molecule has 108 valence electrons. The zero-order valence-corrected chi connectivity index (χ0v) is 13.3. The second-order valence-electron chi connectivity index (χ2n) is 6.46. The van der Waals surface area contributed by atoms with E-state index < -0.39 is 0 Å². The molecule has 1 N–H and O–H groups in total. The van der Waals surface area contributed by atoms with E-state index in [2.05, 4.69) is 45.0 Å². The number of likely N-dealkylation sites (N-methyl/N-ethyl adjacent to an activating group) is 1. The monoisotopic (exact) mass is 254 g/mol. The third kappa shape index (κ3) is 3.96. The second kappa shape index (κ2) is 7.49. The molecule has 0 spiro atoms. The first-order valence-electron chi connectivity index (χ1n) is 7.98. The van der Waals surface area contributed by atoms with E-state index in [1.165, 1.54) is 51.6 Å². The maximum atomic E-state index is 3.60. The summed E-state index contributed by atoms with van der Waals surface area (Å²) in [5.74, 6) is 0.867. The van der Waals surface area contributed by atoms with Gasteiger partial charge in [0, 0.05) is 11.6 Å². The molecule has 1 aliphatic heterocycles. The second-order valence-corrected chi connectivity index (χ2v) is 6.46. The quantitative estimate of drug-likeness (QED) is 0.746. The minimum Gasteiger partial charge on any atom is -0.315 e. The molecule has 0 radical (unpaired) electrons. The Morgan fingerprint density at radius 1 is 1.06 bits per heavy atom. The number of rotatable bonds is 7. The zero-order valence-electron chi connectivity index (χ0n) is 13.3. The third-order valence-electron chi connectivity index (χ3n) is 5.10. The topological polar surface area (TPSA) is 15.3 Å². The molecule has 0 saturated carbocycles. The summed E-state index contributed by atoms with van der Waals surface area (Å²) in [7, 11) is 2.14. The van der Waals surface area contributed by atoms with Crippen LogP contribution in [0.4, 0.5) is 0 Å². The molecule has 2 heteroatoms. The van der Waals surface area contributed by atoms with Gasteiger partial charge in [0.15, 0.2) is 0 Å². The number of nitrogens with zero attached hydrogens (tertiary/aromatic N) is 1. The Hall–Kier alpha value is -0.0800. The molecule has 0 amide bonds. The van der Waals surface area contributed by atoms with Crippen LogP contribution in [-0.2, 0) is 0 Å². The summed E-state index contributed by atoms with van der Waals surface area (Å²) in [6.07, 6.45) is 8.11. The molecule has 0 aromatic heterocycles. The predicted molar refractivity (Wildman–Crippen MR) is 81.0 cm³/mol. The third-order valence-corrected chi connectivity index (χ3v) is 5.10. The Kier molecular flexibility index (Phi) is 6.65. The lowest BCUT2D eigenvalue weighted by molar-refractivity contribution is 0.0545. The molecule has 0 aromatic rings. The fourth-order valence-corrected chi connectivity index (χ4v) is 3.41. The predicted octanol–water partition coefficient (Wildman–Crippen LogP) is 3.67. The molecule has 1 saturated heterocycles. The van der Waals surface area contributed by atoms with Gasteiger partial charge in [-0.15, -0.1) is 0 Å². The van der Waals surface area contributed by atoms with Crippen LogP contribution in [0.25, 0.3) is 0 Å². The van der Waals surface area contributed by atoms with Gasteiger partial charge in [0.1, 0.15) is 0 Å². The van der Waals surface area contributed by atoms with Crippen molar-refractivity contribution in [2.24, 2.45) is 5.92 Å². The molecule has 18 heavy (non-hydrogen) atoms. The fraction of sp³-hybridized carbons (Fsp3) is 1.00. The van der Waals surface area contributed by atoms with E-state index >= 15 is 0 Å². The molecule has 1 heterocycles. The van der Waals surface area contributed by atoms with Crippen LogP contribution in [0.3, 0.4) is 0 Å². The summed E-state index contributed by atoms with van der Waals surface area (Å²) >= 11 is 0. The molecular formula is C16H34N2. The van der Waals surface area contributed by atoms with Gasteiger partial charge in [-0.3, -0.25) is 4.90 Å². The van der Waals surface area contributed by atoms with Crippen LogP contribution in [-0.4, -0.2) is 36.6 Å². The highest BCUT2D eigenvalue weighted by atomic mass is 15.2. The van der Waals surface area contributed by atoms with Crippen LogP contribution in [0.1, 0.15) is 66.2 Å². The molecule has 0 aromatic carbocycles. The van der Waals surface area contributed by atoms with Crippen molar-refractivity contribution in [2.45, 2.75) is 77.8 Å². The maximum Gasteiger partial charge on any atom is 0.0306 e. The highest BCUT2D eigenvalue weighted by Gasteiger charge is 2.35. The number of nitrogens with one attached hydrogen (secondary N) is 1. The summed E-state index contributed by atoms with van der Waals surface area (Å²) in [5.41, 5.74) is 0.289. The Morgan fingerprint density at radius 2 is 1.61 bits per heavy atom. The smallest absolute Gasteiger partial charge is 0.0306 e. The highest BCUT2D eigenvalue weighted by molar-refractivity contribution is 4.94. The molecule has 1 atom stereocenters. The standard InChI is InChI=1S/C16H34N2/c1-6-14(7-2)13-15(17-5)16(3,4)18-11-9-8-10-12-18/h14-15,17H,6-13H2,1-5H3. The summed E-state index contributed by atoms with van der Waals surface area (Å²) in [4.78, 5) is 2.71. The van der Waals surface area contributed by atoms with Gasteiger partial charge in [-0.1, -0.05) is 33.1 Å². The van der Waals surface area contributed by atoms with E-state index in [1.807, 2.05) is 0 Å². The van der Waals surface area contributed by atoms with Crippen molar-refractivity contribution in [3.05, 3.63) is 0 Å². The molecule has 1 aliphatic rings. The van der Waals surface area contributed by atoms with Gasteiger partial charge < -0.3 is 5.32 Å². The first-order chi connectivity index (χ1) is 8.56. The summed E-state index contributed by atoms with van der Waals surface area (Å²) in [5, 5.41) is 3.60. The Bertz CT molecular complexity index is 215. The van der Waals surface area contributed by atoms with E-state index in [-0.39, 0.29) is 5.54 Å². The van der Waals surface area contributed by atoms with Crippen LogP contribution in [0, 0.1) is 5.92 Å². The molecule has 2 nitrogen and oxygen atoms in total. The van der Waals surface area contributed by atoms with E-state index in [0.29, 0.717) is 6.04 Å². The number of hydrogen-bond donors (Lipinski definition) is 1. The first kappa shape index (κ1) is 16.0. The van der Waals surface area contributed by atoms with Crippen LogP contribution in [0.15, 0.2) is 0 Å². The molecule has 1 unspecified atom stereocenters. The van der Waals surface area contributed by atoms with Gasteiger partial charge in [-0.05, 0) is 59.2 Å². The Morgan fingerprint density at radius 3 is 2.06 bits per heavy atom. The lowest BCUT2D eigenvalue weighted by Gasteiger charge is -2.46. The van der Waals surface area contributed by atoms with E-state index in [1.54, 1.807) is 0 Å². The first-order valence-corrected chi connectivity index (χ1v) is 7.98. The van der Waals surface area contributed by atoms with Crippen LogP contribution in [0.2, 0.25) is 0 Å². The Labute approximate surface area is 115 Å². The van der Waals surface area contributed by atoms with Crippen LogP contribution >= 0.6 is 0 Å². The lowest BCUT2D eigenvalue weighted by Crippen LogP contribution is -2.58. The van der Waals surface area contributed by atoms with Crippen LogP contribution < -0.4 is 5.32 Å². The fourth-order valence-electron chi connectivity index (χ4n) is 3.41. The maximum absolute atomic E-state index is 3.60. The summed E-state index contributed by atoms with van der Waals surface area (Å²) < 4.78 is 0. The molecule has 0 bridgehead atoms. The lowest BCUT2D eigenvalue weighted by atomic mass is 9.82. The van der Waals surface area contributed by atoms with Crippen molar-refractivity contribution < 1.29 is 0 Å². The van der Waals surface area contributed by atoms with Gasteiger partial charge in [0.25, 0.3) is 0 Å². The SMILES string of the molecule is CCC(CC)CC(NC)C(C)(C)N1CCCCC1. The van der Waals surface area contributed by atoms with Crippen molar-refractivity contribution in [3.63, 3.8) is 0 Å². The average Bonchev–Trinajstić information content (AvgIpc) is 2.41. The van der Waals surface area contributed by atoms with Crippen molar-refractivity contribution in [2.75, 3.05) is 20.1 Å². The van der Waals surface area contributed by atoms with Crippen molar-refractivity contribution in [1.29, 1.82) is 0 Å². The van der Waals surface area contributed by atoms with Gasteiger partial charge in [0.2, 0.25) is 0 Å². The van der Waals surface area contributed by atoms with Gasteiger partial charge in [0.05, 0.1) is 0 Å². The van der Waals surface area contributed by atoms with E-state index in [9.17, 15) is 0 Å². The van der Waals surface area contributed by atoms with Gasteiger partial charge in [-0.25, -0.2) is 0 Å².